The van der Waals surface area contributed by atoms with E-state index >= 15 is 0 Å². The number of furan rings is 2. The molecule has 0 spiro atoms. The molecule has 0 radical (unpaired) electrons. The predicted octanol–water partition coefficient (Wildman–Crippen LogP) is 6.69. The number of carbonyl (C=O) groups is 2. The van der Waals surface area contributed by atoms with Gasteiger partial charge in [0.2, 0.25) is 0 Å². The average Bonchev–Trinajstić information content (AvgIpc) is 3.36. The fourth-order valence-corrected chi connectivity index (χ4v) is 3.35. The quantitative estimate of drug-likeness (QED) is 0.315. The van der Waals surface area contributed by atoms with Crippen molar-refractivity contribution in [2.75, 3.05) is 0 Å². The summed E-state index contributed by atoms with van der Waals surface area (Å²) in [7, 11) is 0. The summed E-state index contributed by atoms with van der Waals surface area (Å²) in [6.45, 7) is 7.02. The van der Waals surface area contributed by atoms with Gasteiger partial charge in [-0.15, -0.1) is 0 Å². The molecule has 0 bridgehead atoms. The molecule has 2 heterocycles. The Hall–Kier alpha value is -2.76. The predicted molar refractivity (Wildman–Crippen MR) is 124 cm³/mol. The Balaban J connectivity index is 1.74. The molecule has 0 saturated carbocycles. The third-order valence-corrected chi connectivity index (χ3v) is 5.88. The van der Waals surface area contributed by atoms with Crippen molar-refractivity contribution in [3.63, 3.8) is 0 Å². The number of carboxylic acids is 2. The second-order valence-electron chi connectivity index (χ2n) is 9.73. The van der Waals surface area contributed by atoms with Crippen LogP contribution in [-0.4, -0.2) is 22.2 Å². The Morgan fingerprint density at radius 3 is 1.44 bits per heavy atom. The maximum atomic E-state index is 11.1. The van der Waals surface area contributed by atoms with Crippen molar-refractivity contribution in [1.29, 1.82) is 0 Å². The summed E-state index contributed by atoms with van der Waals surface area (Å²) in [6.07, 6.45) is 10.1. The van der Waals surface area contributed by atoms with E-state index in [1.807, 2.05) is 36.4 Å². The summed E-state index contributed by atoms with van der Waals surface area (Å²) in [4.78, 5) is 22.3. The van der Waals surface area contributed by atoms with Gasteiger partial charge < -0.3 is 19.0 Å². The zero-order valence-electron chi connectivity index (χ0n) is 19.6. The van der Waals surface area contributed by atoms with Crippen LogP contribution in [0.1, 0.15) is 89.3 Å². The van der Waals surface area contributed by atoms with E-state index in [0.29, 0.717) is 12.8 Å². The lowest BCUT2D eigenvalue weighted by molar-refractivity contribution is -0.148. The molecular formula is C26H36O6. The number of unbranched alkanes of at least 4 members (excludes halogenated alkanes) is 2. The Bertz CT molecular complexity index is 838. The van der Waals surface area contributed by atoms with Gasteiger partial charge in [-0.3, -0.25) is 9.59 Å². The third-order valence-electron chi connectivity index (χ3n) is 5.88. The molecule has 0 aliphatic carbocycles. The Labute approximate surface area is 190 Å². The van der Waals surface area contributed by atoms with E-state index in [2.05, 4.69) is 0 Å². The van der Waals surface area contributed by atoms with Crippen LogP contribution in [0.15, 0.2) is 33.1 Å². The SMILES string of the molecule is CC(C)(CCCCc1ccc(/C=C/c2ccc(CCCCC(C)(C)C(=O)O)o2)o1)C(=O)O. The smallest absolute Gasteiger partial charge is 0.309 e. The minimum absolute atomic E-state index is 0.647. The van der Waals surface area contributed by atoms with Gasteiger partial charge in [0, 0.05) is 12.8 Å². The molecule has 2 aromatic heterocycles. The third kappa shape index (κ3) is 8.06. The molecule has 2 rings (SSSR count). The van der Waals surface area contributed by atoms with Crippen LogP contribution in [0, 0.1) is 10.8 Å². The average molecular weight is 445 g/mol. The van der Waals surface area contributed by atoms with E-state index in [-0.39, 0.29) is 0 Å². The summed E-state index contributed by atoms with van der Waals surface area (Å²) >= 11 is 0. The molecule has 0 aliphatic rings. The number of hydrogen-bond acceptors (Lipinski definition) is 4. The van der Waals surface area contributed by atoms with Crippen LogP contribution >= 0.6 is 0 Å². The highest BCUT2D eigenvalue weighted by Crippen LogP contribution is 2.25. The fourth-order valence-electron chi connectivity index (χ4n) is 3.35. The van der Waals surface area contributed by atoms with Gasteiger partial charge in [0.15, 0.2) is 0 Å². The summed E-state index contributed by atoms with van der Waals surface area (Å²) in [5.74, 6) is 1.76. The maximum Gasteiger partial charge on any atom is 0.309 e. The molecule has 0 fully saturated rings. The molecule has 6 nitrogen and oxygen atoms in total. The highest BCUT2D eigenvalue weighted by Gasteiger charge is 2.26. The molecule has 0 aromatic carbocycles. The molecule has 2 aromatic rings. The second kappa shape index (κ2) is 11.2. The van der Waals surface area contributed by atoms with Crippen LogP contribution in [0.5, 0.6) is 0 Å². The standard InChI is InChI=1S/C26H36O6/c1-25(2,23(27)28)17-7-5-9-19-11-13-21(31-19)15-16-22-14-12-20(32-22)10-6-8-18-26(3,4)24(29)30/h11-16H,5-10,17-18H2,1-4H3,(H,27,28)(H,29,30)/b16-15+. The lowest BCUT2D eigenvalue weighted by atomic mass is 9.87. The van der Waals surface area contributed by atoms with Crippen LogP contribution < -0.4 is 0 Å². The zero-order valence-corrected chi connectivity index (χ0v) is 19.6. The Morgan fingerprint density at radius 2 is 1.09 bits per heavy atom. The van der Waals surface area contributed by atoms with Crippen molar-refractivity contribution < 1.29 is 28.6 Å². The van der Waals surface area contributed by atoms with Crippen molar-refractivity contribution in [2.45, 2.75) is 79.1 Å². The van der Waals surface area contributed by atoms with E-state index in [9.17, 15) is 9.59 Å². The summed E-state index contributed by atoms with van der Waals surface area (Å²) in [6, 6.07) is 7.74. The van der Waals surface area contributed by atoms with Gasteiger partial charge in [-0.05, 0) is 89.8 Å². The van der Waals surface area contributed by atoms with E-state index in [1.165, 1.54) is 0 Å². The maximum absolute atomic E-state index is 11.1. The molecular weight excluding hydrogens is 408 g/mol. The van der Waals surface area contributed by atoms with E-state index in [1.54, 1.807) is 27.7 Å². The zero-order chi connectivity index (χ0) is 23.8. The van der Waals surface area contributed by atoms with Crippen LogP contribution in [-0.2, 0) is 22.4 Å². The highest BCUT2D eigenvalue weighted by molar-refractivity contribution is 5.73. The second-order valence-corrected chi connectivity index (χ2v) is 9.73. The van der Waals surface area contributed by atoms with E-state index in [4.69, 9.17) is 19.0 Å². The van der Waals surface area contributed by atoms with Crippen LogP contribution in [0.3, 0.4) is 0 Å². The van der Waals surface area contributed by atoms with Gasteiger partial charge in [0.25, 0.3) is 0 Å². The van der Waals surface area contributed by atoms with Gasteiger partial charge >= 0.3 is 11.9 Å². The van der Waals surface area contributed by atoms with Crippen LogP contribution in [0.25, 0.3) is 12.2 Å². The largest absolute Gasteiger partial charge is 0.481 e. The number of hydrogen-bond donors (Lipinski definition) is 2. The molecule has 2 N–H and O–H groups in total. The van der Waals surface area contributed by atoms with Crippen LogP contribution in [0.4, 0.5) is 0 Å². The van der Waals surface area contributed by atoms with Gasteiger partial charge in [0.05, 0.1) is 10.8 Å². The van der Waals surface area contributed by atoms with E-state index in [0.717, 1.165) is 61.6 Å². The summed E-state index contributed by atoms with van der Waals surface area (Å²) in [5, 5.41) is 18.3. The topological polar surface area (TPSA) is 101 Å². The minimum atomic E-state index is -0.758. The van der Waals surface area contributed by atoms with Crippen molar-refractivity contribution in [2.24, 2.45) is 10.8 Å². The van der Waals surface area contributed by atoms with Crippen LogP contribution in [0.2, 0.25) is 0 Å². The first-order valence-electron chi connectivity index (χ1n) is 11.3. The van der Waals surface area contributed by atoms with Crippen molar-refractivity contribution in [3.05, 3.63) is 47.3 Å². The summed E-state index contributed by atoms with van der Waals surface area (Å²) < 4.78 is 11.7. The minimum Gasteiger partial charge on any atom is -0.481 e. The highest BCUT2D eigenvalue weighted by atomic mass is 16.4. The first-order chi connectivity index (χ1) is 15.0. The van der Waals surface area contributed by atoms with E-state index < -0.39 is 22.8 Å². The Morgan fingerprint density at radius 1 is 0.719 bits per heavy atom. The molecule has 0 saturated heterocycles. The van der Waals surface area contributed by atoms with Crippen molar-refractivity contribution in [1.82, 2.24) is 0 Å². The van der Waals surface area contributed by atoms with Crippen molar-refractivity contribution in [3.8, 4) is 0 Å². The number of carboxylic acid groups (broad SMARTS) is 2. The molecule has 0 aliphatic heterocycles. The monoisotopic (exact) mass is 444 g/mol. The van der Waals surface area contributed by atoms with Crippen molar-refractivity contribution >= 4 is 24.1 Å². The molecule has 0 atom stereocenters. The fraction of sp³-hybridized carbons (Fsp3) is 0.538. The lowest BCUT2D eigenvalue weighted by Gasteiger charge is -2.18. The Kier molecular flexibility index (Phi) is 8.93. The lowest BCUT2D eigenvalue weighted by Crippen LogP contribution is -2.23. The first-order valence-corrected chi connectivity index (χ1v) is 11.3. The van der Waals surface area contributed by atoms with Gasteiger partial charge in [-0.1, -0.05) is 12.8 Å². The van der Waals surface area contributed by atoms with Gasteiger partial charge in [-0.25, -0.2) is 0 Å². The number of aliphatic carboxylic acids is 2. The molecule has 0 unspecified atom stereocenters. The number of aryl methyl sites for hydroxylation is 2. The molecule has 32 heavy (non-hydrogen) atoms. The van der Waals surface area contributed by atoms with Gasteiger partial charge in [0.1, 0.15) is 23.0 Å². The first kappa shape index (κ1) is 25.5. The molecule has 0 amide bonds. The normalized spacial score (nSPS) is 12.5. The molecule has 6 heteroatoms. The molecule has 176 valence electrons. The summed E-state index contributed by atoms with van der Waals surface area (Å²) in [5.41, 5.74) is -1.37. The number of rotatable bonds is 14. The van der Waals surface area contributed by atoms with Gasteiger partial charge in [-0.2, -0.15) is 0 Å².